The molecule has 0 radical (unpaired) electrons. The third-order valence-electron chi connectivity index (χ3n) is 2.94. The van der Waals surface area contributed by atoms with Crippen LogP contribution in [-0.2, 0) is 6.54 Å². The molecule has 0 saturated heterocycles. The first-order valence-corrected chi connectivity index (χ1v) is 6.37. The van der Waals surface area contributed by atoms with E-state index >= 15 is 0 Å². The molecule has 0 amide bonds. The van der Waals surface area contributed by atoms with E-state index in [1.807, 2.05) is 0 Å². The van der Waals surface area contributed by atoms with Gasteiger partial charge in [-0.05, 0) is 32.6 Å². The largest absolute Gasteiger partial charge is 0.367 e. The first-order valence-electron chi connectivity index (χ1n) is 6.37. The molecule has 96 valence electrons. The van der Waals surface area contributed by atoms with Crippen molar-refractivity contribution in [3.05, 3.63) is 34.2 Å². The summed E-state index contributed by atoms with van der Waals surface area (Å²) in [5.74, 6) is 0. The number of nitrogens with zero attached hydrogens (tertiary/aromatic N) is 1. The summed E-state index contributed by atoms with van der Waals surface area (Å²) in [5.41, 5.74) is 0.898. The summed E-state index contributed by atoms with van der Waals surface area (Å²) in [4.78, 5) is 16.7. The van der Waals surface area contributed by atoms with Gasteiger partial charge in [0.1, 0.15) is 0 Å². The van der Waals surface area contributed by atoms with E-state index < -0.39 is 0 Å². The highest BCUT2D eigenvalue weighted by molar-refractivity contribution is 5.08. The lowest BCUT2D eigenvalue weighted by Crippen LogP contribution is -2.27. The van der Waals surface area contributed by atoms with E-state index in [-0.39, 0.29) is 5.43 Å². The molecular formula is C13H23N3O. The van der Waals surface area contributed by atoms with Crippen molar-refractivity contribution in [3.63, 3.8) is 0 Å². The van der Waals surface area contributed by atoms with E-state index in [1.165, 1.54) is 0 Å². The molecule has 4 heteroatoms. The van der Waals surface area contributed by atoms with Gasteiger partial charge in [0, 0.05) is 30.6 Å². The van der Waals surface area contributed by atoms with Crippen LogP contribution in [0.3, 0.4) is 0 Å². The van der Waals surface area contributed by atoms with Gasteiger partial charge in [-0.15, -0.1) is 0 Å². The van der Waals surface area contributed by atoms with E-state index in [0.717, 1.165) is 38.2 Å². The summed E-state index contributed by atoms with van der Waals surface area (Å²) >= 11 is 0. The van der Waals surface area contributed by atoms with Gasteiger partial charge >= 0.3 is 0 Å². The van der Waals surface area contributed by atoms with Gasteiger partial charge in [0.15, 0.2) is 5.43 Å². The Bertz CT molecular complexity index is 358. The van der Waals surface area contributed by atoms with E-state index in [0.29, 0.717) is 6.54 Å². The second-order valence-electron chi connectivity index (χ2n) is 4.09. The Balaban J connectivity index is 2.17. The molecular weight excluding hydrogens is 214 g/mol. The monoisotopic (exact) mass is 237 g/mol. The normalized spacial score (nSPS) is 11.0. The number of rotatable bonds is 8. The van der Waals surface area contributed by atoms with Crippen molar-refractivity contribution in [3.8, 4) is 0 Å². The fourth-order valence-electron chi connectivity index (χ4n) is 1.78. The molecule has 0 aromatic carbocycles. The molecule has 0 atom stereocenters. The van der Waals surface area contributed by atoms with Gasteiger partial charge in [-0.3, -0.25) is 4.79 Å². The van der Waals surface area contributed by atoms with E-state index in [2.05, 4.69) is 29.0 Å². The van der Waals surface area contributed by atoms with Gasteiger partial charge in [-0.25, -0.2) is 0 Å². The van der Waals surface area contributed by atoms with Crippen LogP contribution >= 0.6 is 0 Å². The molecule has 0 fully saturated rings. The van der Waals surface area contributed by atoms with Crippen LogP contribution in [0.15, 0.2) is 23.3 Å². The zero-order chi connectivity index (χ0) is 12.5. The molecule has 0 unspecified atom stereocenters. The smallest absolute Gasteiger partial charge is 0.186 e. The van der Waals surface area contributed by atoms with Gasteiger partial charge in [-0.1, -0.05) is 13.8 Å². The first kappa shape index (κ1) is 13.9. The predicted molar refractivity (Wildman–Crippen MR) is 71.2 cm³/mol. The molecule has 1 heterocycles. The zero-order valence-corrected chi connectivity index (χ0v) is 10.8. The maximum atomic E-state index is 11.4. The summed E-state index contributed by atoms with van der Waals surface area (Å²) in [6.45, 7) is 9.29. The third kappa shape index (κ3) is 5.15. The lowest BCUT2D eigenvalue weighted by molar-refractivity contribution is 0.298. The Morgan fingerprint density at radius 3 is 2.76 bits per heavy atom. The van der Waals surface area contributed by atoms with Crippen molar-refractivity contribution in [1.29, 1.82) is 0 Å². The Labute approximate surface area is 103 Å². The van der Waals surface area contributed by atoms with Crippen molar-refractivity contribution in [1.82, 2.24) is 15.2 Å². The van der Waals surface area contributed by atoms with Gasteiger partial charge in [0.2, 0.25) is 0 Å². The first-order chi connectivity index (χ1) is 8.27. The summed E-state index contributed by atoms with van der Waals surface area (Å²) in [6.07, 6.45) is 4.54. The molecule has 0 aliphatic rings. The number of H-pyrrole nitrogens is 1. The van der Waals surface area contributed by atoms with Crippen molar-refractivity contribution >= 4 is 0 Å². The zero-order valence-electron chi connectivity index (χ0n) is 10.8. The Morgan fingerprint density at radius 1 is 1.35 bits per heavy atom. The molecule has 0 saturated carbocycles. The van der Waals surface area contributed by atoms with E-state index in [9.17, 15) is 4.79 Å². The topological polar surface area (TPSA) is 48.1 Å². The standard InChI is InChI=1S/C13H23N3O/c1-3-16(4-2)9-5-7-14-10-12-11-15-8-6-13(12)17/h6,8,11,14H,3-5,7,9-10H2,1-2H3,(H,15,17). The minimum Gasteiger partial charge on any atom is -0.367 e. The Hall–Kier alpha value is -1.13. The molecule has 2 N–H and O–H groups in total. The molecule has 0 bridgehead atoms. The van der Waals surface area contributed by atoms with Gasteiger partial charge in [0.25, 0.3) is 0 Å². The molecule has 0 spiro atoms. The molecule has 0 aliphatic carbocycles. The van der Waals surface area contributed by atoms with Gasteiger partial charge < -0.3 is 15.2 Å². The second-order valence-corrected chi connectivity index (χ2v) is 4.09. The van der Waals surface area contributed by atoms with E-state index in [1.54, 1.807) is 18.5 Å². The Kier molecular flexibility index (Phi) is 6.58. The average molecular weight is 237 g/mol. The quantitative estimate of drug-likeness (QED) is 0.668. The van der Waals surface area contributed by atoms with Crippen LogP contribution in [0.4, 0.5) is 0 Å². The van der Waals surface area contributed by atoms with Gasteiger partial charge in [0.05, 0.1) is 0 Å². The number of aromatic nitrogens is 1. The fraction of sp³-hybridized carbons (Fsp3) is 0.615. The summed E-state index contributed by atoms with van der Waals surface area (Å²) in [6, 6.07) is 1.56. The molecule has 1 aromatic heterocycles. The highest BCUT2D eigenvalue weighted by Crippen LogP contribution is 1.91. The lowest BCUT2D eigenvalue weighted by Gasteiger charge is -2.17. The number of nitrogens with one attached hydrogen (secondary N) is 2. The minimum atomic E-state index is 0.0972. The summed E-state index contributed by atoms with van der Waals surface area (Å²) in [7, 11) is 0. The van der Waals surface area contributed by atoms with Crippen molar-refractivity contribution < 1.29 is 0 Å². The SMILES string of the molecule is CCN(CC)CCCNCc1c[nH]ccc1=O. The van der Waals surface area contributed by atoms with Crippen LogP contribution in [0.5, 0.6) is 0 Å². The minimum absolute atomic E-state index is 0.0972. The van der Waals surface area contributed by atoms with Crippen molar-refractivity contribution in [2.24, 2.45) is 0 Å². The van der Waals surface area contributed by atoms with Gasteiger partial charge in [-0.2, -0.15) is 0 Å². The average Bonchev–Trinajstić information content (AvgIpc) is 2.36. The van der Waals surface area contributed by atoms with E-state index in [4.69, 9.17) is 0 Å². The second kappa shape index (κ2) is 8.03. The number of pyridine rings is 1. The molecule has 4 nitrogen and oxygen atoms in total. The van der Waals surface area contributed by atoms with Crippen LogP contribution in [0.25, 0.3) is 0 Å². The highest BCUT2D eigenvalue weighted by atomic mass is 16.1. The third-order valence-corrected chi connectivity index (χ3v) is 2.94. The van der Waals surface area contributed by atoms with Crippen LogP contribution in [0.1, 0.15) is 25.8 Å². The van der Waals surface area contributed by atoms with Crippen molar-refractivity contribution in [2.45, 2.75) is 26.8 Å². The van der Waals surface area contributed by atoms with Crippen LogP contribution in [0, 0.1) is 0 Å². The Morgan fingerprint density at radius 2 is 2.12 bits per heavy atom. The van der Waals surface area contributed by atoms with Crippen LogP contribution < -0.4 is 10.7 Å². The maximum Gasteiger partial charge on any atom is 0.186 e. The van der Waals surface area contributed by atoms with Crippen molar-refractivity contribution in [2.75, 3.05) is 26.2 Å². The molecule has 0 aliphatic heterocycles. The molecule has 17 heavy (non-hydrogen) atoms. The number of hydrogen-bond acceptors (Lipinski definition) is 3. The van der Waals surface area contributed by atoms with Crippen LogP contribution in [-0.4, -0.2) is 36.1 Å². The number of aromatic amines is 1. The predicted octanol–water partition coefficient (Wildman–Crippen LogP) is 1.20. The lowest BCUT2D eigenvalue weighted by atomic mass is 10.2. The maximum absolute atomic E-state index is 11.4. The summed E-state index contributed by atoms with van der Waals surface area (Å²) < 4.78 is 0. The summed E-state index contributed by atoms with van der Waals surface area (Å²) in [5, 5.41) is 3.30. The molecule has 1 aromatic rings. The van der Waals surface area contributed by atoms with Crippen LogP contribution in [0.2, 0.25) is 0 Å². The fourth-order valence-corrected chi connectivity index (χ4v) is 1.78. The highest BCUT2D eigenvalue weighted by Gasteiger charge is 1.99. The number of hydrogen-bond donors (Lipinski definition) is 2. The molecule has 1 rings (SSSR count).